The van der Waals surface area contributed by atoms with Crippen LogP contribution in [0.2, 0.25) is 0 Å². The lowest BCUT2D eigenvalue weighted by Gasteiger charge is -2.09. The number of nitrogens with zero attached hydrogens (tertiary/aromatic N) is 3. The van der Waals surface area contributed by atoms with Crippen LogP contribution in [-0.4, -0.2) is 48.0 Å². The molecular weight excluding hydrogens is 192 g/mol. The number of nitrogens with one attached hydrogen (secondary N) is 1. The van der Waals surface area contributed by atoms with E-state index in [4.69, 9.17) is 0 Å². The molecule has 82 valence electrons. The molecule has 1 rings (SSSR count). The highest BCUT2D eigenvalue weighted by atomic mass is 16.2. The Morgan fingerprint density at radius 2 is 2.00 bits per heavy atom. The fourth-order valence-corrected chi connectivity index (χ4v) is 0.982. The summed E-state index contributed by atoms with van der Waals surface area (Å²) in [7, 11) is 3.91. The van der Waals surface area contributed by atoms with Gasteiger partial charge in [0.1, 0.15) is 0 Å². The highest BCUT2D eigenvalue weighted by Gasteiger charge is 2.07. The van der Waals surface area contributed by atoms with Gasteiger partial charge >= 0.3 is 0 Å². The highest BCUT2D eigenvalue weighted by Crippen LogP contribution is 1.92. The molecule has 5 heteroatoms. The Morgan fingerprint density at radius 1 is 1.40 bits per heavy atom. The molecule has 1 aromatic rings. The van der Waals surface area contributed by atoms with Gasteiger partial charge in [0.15, 0.2) is 0 Å². The Balaban J connectivity index is 2.43. The average molecular weight is 208 g/mol. The summed E-state index contributed by atoms with van der Waals surface area (Å²) in [5.74, 6) is -0.00351. The monoisotopic (exact) mass is 208 g/mol. The van der Waals surface area contributed by atoms with Crippen LogP contribution in [0.3, 0.4) is 0 Å². The molecule has 0 fully saturated rings. The molecule has 5 nitrogen and oxygen atoms in total. The van der Waals surface area contributed by atoms with Crippen LogP contribution >= 0.6 is 0 Å². The van der Waals surface area contributed by atoms with Crippen LogP contribution in [0, 0.1) is 6.92 Å². The summed E-state index contributed by atoms with van der Waals surface area (Å²) in [6, 6.07) is 0. The number of likely N-dealkylation sites (N-methyl/N-ethyl adjacent to an activating group) is 1. The van der Waals surface area contributed by atoms with Crippen molar-refractivity contribution < 1.29 is 4.79 Å². The number of hydrogen-bond acceptors (Lipinski definition) is 4. The van der Waals surface area contributed by atoms with Gasteiger partial charge in [-0.15, -0.1) is 0 Å². The molecule has 1 N–H and O–H groups in total. The molecule has 0 atom stereocenters. The van der Waals surface area contributed by atoms with E-state index < -0.39 is 0 Å². The number of rotatable bonds is 4. The van der Waals surface area contributed by atoms with Gasteiger partial charge in [-0.3, -0.25) is 4.79 Å². The van der Waals surface area contributed by atoms with E-state index in [1.54, 1.807) is 12.4 Å². The molecule has 0 aliphatic carbocycles. The summed E-state index contributed by atoms with van der Waals surface area (Å²) < 4.78 is 0. The van der Waals surface area contributed by atoms with Crippen molar-refractivity contribution in [3.05, 3.63) is 23.8 Å². The van der Waals surface area contributed by atoms with E-state index in [2.05, 4.69) is 15.3 Å². The second-order valence-corrected chi connectivity index (χ2v) is 3.64. The van der Waals surface area contributed by atoms with E-state index in [-0.39, 0.29) is 11.7 Å². The number of carbonyl (C=O) groups is 1. The zero-order valence-corrected chi connectivity index (χ0v) is 9.32. The van der Waals surface area contributed by atoms with Crippen molar-refractivity contribution in [1.29, 1.82) is 0 Å². The number of aromatic nitrogens is 2. The molecule has 0 aliphatic heterocycles. The normalized spacial score (nSPS) is 10.4. The predicted molar refractivity (Wildman–Crippen MR) is 57.7 cm³/mol. The second kappa shape index (κ2) is 5.41. The Hall–Kier alpha value is -1.49. The zero-order chi connectivity index (χ0) is 11.3. The van der Waals surface area contributed by atoms with E-state index in [9.17, 15) is 4.79 Å². The first-order valence-corrected chi connectivity index (χ1v) is 4.81. The number of carbonyl (C=O) groups excluding carboxylic acids is 1. The van der Waals surface area contributed by atoms with Gasteiger partial charge in [0.05, 0.1) is 0 Å². The summed E-state index contributed by atoms with van der Waals surface area (Å²) in [4.78, 5) is 21.4. The van der Waals surface area contributed by atoms with Crippen LogP contribution in [0.4, 0.5) is 0 Å². The van der Waals surface area contributed by atoms with Crippen molar-refractivity contribution in [1.82, 2.24) is 20.2 Å². The second-order valence-electron chi connectivity index (χ2n) is 3.64. The molecular formula is C10H16N4O. The van der Waals surface area contributed by atoms with E-state index >= 15 is 0 Å². The van der Waals surface area contributed by atoms with Gasteiger partial charge in [0, 0.05) is 25.5 Å². The van der Waals surface area contributed by atoms with Crippen molar-refractivity contribution in [3.63, 3.8) is 0 Å². The van der Waals surface area contributed by atoms with Crippen LogP contribution in [0.5, 0.6) is 0 Å². The van der Waals surface area contributed by atoms with Crippen LogP contribution in [0.15, 0.2) is 12.4 Å². The molecule has 0 saturated carbocycles. The first-order chi connectivity index (χ1) is 7.09. The fraction of sp³-hybridized carbons (Fsp3) is 0.500. The lowest BCUT2D eigenvalue weighted by atomic mass is 10.4. The van der Waals surface area contributed by atoms with Crippen LogP contribution in [-0.2, 0) is 0 Å². The first-order valence-electron chi connectivity index (χ1n) is 4.81. The minimum Gasteiger partial charge on any atom is -0.348 e. The Labute approximate surface area is 89.5 Å². The number of amides is 1. The first kappa shape index (κ1) is 11.6. The molecule has 1 heterocycles. The summed E-state index contributed by atoms with van der Waals surface area (Å²) in [6.07, 6.45) is 3.27. The maximum absolute atomic E-state index is 11.5. The Bertz CT molecular complexity index is 321. The molecule has 0 radical (unpaired) electrons. The smallest absolute Gasteiger partial charge is 0.289 e. The molecule has 0 aliphatic rings. The quantitative estimate of drug-likeness (QED) is 0.761. The lowest BCUT2D eigenvalue weighted by Crippen LogP contribution is -2.32. The van der Waals surface area contributed by atoms with Gasteiger partial charge < -0.3 is 10.2 Å². The highest BCUT2D eigenvalue weighted by molar-refractivity contribution is 5.90. The zero-order valence-electron chi connectivity index (χ0n) is 9.32. The lowest BCUT2D eigenvalue weighted by molar-refractivity contribution is 0.0940. The van der Waals surface area contributed by atoms with Gasteiger partial charge in [0.25, 0.3) is 5.91 Å². The average Bonchev–Trinajstić information content (AvgIpc) is 2.18. The van der Waals surface area contributed by atoms with Crippen LogP contribution < -0.4 is 5.32 Å². The third kappa shape index (κ3) is 4.03. The topological polar surface area (TPSA) is 58.1 Å². The largest absolute Gasteiger partial charge is 0.348 e. The standard InChI is InChI=1S/C10H16N4O/c1-8-6-12-9(13-7-8)10(15)11-4-5-14(2)3/h6-7H,4-5H2,1-3H3,(H,11,15). The molecule has 0 unspecified atom stereocenters. The van der Waals surface area contributed by atoms with E-state index in [1.165, 1.54) is 0 Å². The third-order valence-electron chi connectivity index (χ3n) is 1.83. The van der Waals surface area contributed by atoms with E-state index in [0.29, 0.717) is 6.54 Å². The van der Waals surface area contributed by atoms with E-state index in [1.807, 2.05) is 25.9 Å². The summed E-state index contributed by atoms with van der Waals surface area (Å²) in [5.41, 5.74) is 0.944. The Kier molecular flexibility index (Phi) is 4.17. The van der Waals surface area contributed by atoms with Gasteiger partial charge in [0.2, 0.25) is 5.82 Å². The SMILES string of the molecule is Cc1cnc(C(=O)NCCN(C)C)nc1. The van der Waals surface area contributed by atoms with Gasteiger partial charge in [-0.1, -0.05) is 0 Å². The molecule has 15 heavy (non-hydrogen) atoms. The van der Waals surface area contributed by atoms with Gasteiger partial charge in [-0.25, -0.2) is 9.97 Å². The van der Waals surface area contributed by atoms with Crippen LogP contribution in [0.1, 0.15) is 16.2 Å². The summed E-state index contributed by atoms with van der Waals surface area (Å²) in [5, 5.41) is 2.74. The molecule has 0 saturated heterocycles. The molecule has 0 aromatic carbocycles. The van der Waals surface area contributed by atoms with Gasteiger partial charge in [-0.05, 0) is 26.6 Å². The fourth-order valence-electron chi connectivity index (χ4n) is 0.982. The minimum absolute atomic E-state index is 0.222. The van der Waals surface area contributed by atoms with Crippen molar-refractivity contribution in [3.8, 4) is 0 Å². The maximum Gasteiger partial charge on any atom is 0.289 e. The van der Waals surface area contributed by atoms with E-state index in [0.717, 1.165) is 12.1 Å². The number of aryl methyl sites for hydroxylation is 1. The van der Waals surface area contributed by atoms with Crippen molar-refractivity contribution >= 4 is 5.91 Å². The minimum atomic E-state index is -0.225. The number of hydrogen-bond donors (Lipinski definition) is 1. The molecule has 0 bridgehead atoms. The van der Waals surface area contributed by atoms with Crippen molar-refractivity contribution in [2.24, 2.45) is 0 Å². The van der Waals surface area contributed by atoms with Crippen molar-refractivity contribution in [2.75, 3.05) is 27.2 Å². The Morgan fingerprint density at radius 3 is 2.53 bits per heavy atom. The molecule has 1 amide bonds. The molecule has 1 aromatic heterocycles. The van der Waals surface area contributed by atoms with Crippen LogP contribution in [0.25, 0.3) is 0 Å². The van der Waals surface area contributed by atoms with Gasteiger partial charge in [-0.2, -0.15) is 0 Å². The maximum atomic E-state index is 11.5. The predicted octanol–water partition coefficient (Wildman–Crippen LogP) is 0.0764. The third-order valence-corrected chi connectivity index (χ3v) is 1.83. The summed E-state index contributed by atoms with van der Waals surface area (Å²) >= 11 is 0. The summed E-state index contributed by atoms with van der Waals surface area (Å²) in [6.45, 7) is 3.29. The van der Waals surface area contributed by atoms with Crippen molar-refractivity contribution in [2.45, 2.75) is 6.92 Å². The molecule has 0 spiro atoms.